The van der Waals surface area contributed by atoms with E-state index in [0.29, 0.717) is 24.9 Å². The summed E-state index contributed by atoms with van der Waals surface area (Å²) in [7, 11) is 1.41. The van der Waals surface area contributed by atoms with Crippen molar-refractivity contribution in [3.05, 3.63) is 0 Å². The van der Waals surface area contributed by atoms with Gasteiger partial charge < -0.3 is 10.0 Å². The number of carbonyl (C=O) groups is 1. The zero-order valence-electron chi connectivity index (χ0n) is 12.2. The van der Waals surface area contributed by atoms with Crippen molar-refractivity contribution in [2.75, 3.05) is 33.2 Å². The van der Waals surface area contributed by atoms with Crippen LogP contribution in [-0.2, 0) is 4.79 Å². The van der Waals surface area contributed by atoms with Gasteiger partial charge in [0.1, 0.15) is 0 Å². The van der Waals surface area contributed by atoms with E-state index in [9.17, 15) is 18.0 Å². The van der Waals surface area contributed by atoms with Gasteiger partial charge in [0.25, 0.3) is 0 Å². The number of piperidine rings is 1. The summed E-state index contributed by atoms with van der Waals surface area (Å²) in [5.74, 6) is 0.641. The summed E-state index contributed by atoms with van der Waals surface area (Å²) >= 11 is 0. The number of aliphatic hydroxyl groups excluding tert-OH is 1. The van der Waals surface area contributed by atoms with E-state index in [2.05, 4.69) is 13.8 Å². The van der Waals surface area contributed by atoms with Crippen LogP contribution in [-0.4, -0.2) is 66.3 Å². The molecule has 7 heteroatoms. The van der Waals surface area contributed by atoms with Crippen LogP contribution >= 0.6 is 0 Å². The van der Waals surface area contributed by atoms with Crippen LogP contribution < -0.4 is 0 Å². The summed E-state index contributed by atoms with van der Waals surface area (Å²) in [6.45, 7) is 4.73. The van der Waals surface area contributed by atoms with Gasteiger partial charge >= 0.3 is 6.18 Å². The van der Waals surface area contributed by atoms with Gasteiger partial charge in [0, 0.05) is 19.6 Å². The number of alkyl halides is 3. The molecule has 118 valence electrons. The second kappa shape index (κ2) is 6.76. The topological polar surface area (TPSA) is 43.8 Å². The molecule has 1 heterocycles. The van der Waals surface area contributed by atoms with Gasteiger partial charge in [-0.05, 0) is 25.3 Å². The first-order valence-electron chi connectivity index (χ1n) is 6.80. The lowest BCUT2D eigenvalue weighted by Crippen LogP contribution is -2.48. The van der Waals surface area contributed by atoms with Crippen LogP contribution in [0.15, 0.2) is 0 Å². The third-order valence-electron chi connectivity index (χ3n) is 3.49. The molecular weight excluding hydrogens is 273 g/mol. The molecule has 1 saturated heterocycles. The van der Waals surface area contributed by atoms with Crippen LogP contribution in [0.25, 0.3) is 0 Å². The number of hydrogen-bond acceptors (Lipinski definition) is 3. The van der Waals surface area contributed by atoms with Gasteiger partial charge in [-0.15, -0.1) is 0 Å². The molecule has 0 aromatic heterocycles. The molecule has 3 atom stereocenters. The van der Waals surface area contributed by atoms with E-state index in [1.165, 1.54) is 11.9 Å². The monoisotopic (exact) mass is 296 g/mol. The predicted molar refractivity (Wildman–Crippen MR) is 69.1 cm³/mol. The Kier molecular flexibility index (Phi) is 5.82. The summed E-state index contributed by atoms with van der Waals surface area (Å²) in [5.41, 5.74) is 0. The molecule has 0 aromatic rings. The van der Waals surface area contributed by atoms with Crippen LogP contribution in [0, 0.1) is 11.8 Å². The third kappa shape index (κ3) is 5.28. The van der Waals surface area contributed by atoms with Gasteiger partial charge in [0.05, 0.1) is 6.54 Å². The van der Waals surface area contributed by atoms with E-state index >= 15 is 0 Å². The van der Waals surface area contributed by atoms with E-state index in [0.717, 1.165) is 6.42 Å². The molecule has 20 heavy (non-hydrogen) atoms. The van der Waals surface area contributed by atoms with Crippen molar-refractivity contribution in [2.24, 2.45) is 11.8 Å². The Morgan fingerprint density at radius 1 is 1.35 bits per heavy atom. The van der Waals surface area contributed by atoms with Crippen molar-refractivity contribution in [1.82, 2.24) is 9.80 Å². The Balaban J connectivity index is 2.45. The van der Waals surface area contributed by atoms with Crippen molar-refractivity contribution in [3.63, 3.8) is 0 Å². The minimum atomic E-state index is -4.65. The van der Waals surface area contributed by atoms with Gasteiger partial charge in [0.2, 0.25) is 5.91 Å². The maximum Gasteiger partial charge on any atom is 0.415 e. The first-order chi connectivity index (χ1) is 9.09. The summed E-state index contributed by atoms with van der Waals surface area (Å²) in [5, 5.41) is 8.97. The third-order valence-corrected chi connectivity index (χ3v) is 3.49. The molecule has 0 aliphatic carbocycles. The highest BCUT2D eigenvalue weighted by Crippen LogP contribution is 2.22. The Morgan fingerprint density at radius 2 is 1.85 bits per heavy atom. The van der Waals surface area contributed by atoms with Gasteiger partial charge in [0.15, 0.2) is 6.10 Å². The van der Waals surface area contributed by atoms with Gasteiger partial charge in [-0.25, -0.2) is 0 Å². The van der Waals surface area contributed by atoms with Crippen molar-refractivity contribution >= 4 is 5.91 Å². The maximum absolute atomic E-state index is 12.2. The molecule has 1 amide bonds. The van der Waals surface area contributed by atoms with Crippen LogP contribution in [0.4, 0.5) is 13.2 Å². The van der Waals surface area contributed by atoms with Gasteiger partial charge in [-0.1, -0.05) is 13.8 Å². The number of amides is 1. The lowest BCUT2D eigenvalue weighted by atomic mass is 9.92. The molecule has 0 saturated carbocycles. The maximum atomic E-state index is 12.2. The zero-order valence-corrected chi connectivity index (χ0v) is 12.2. The second-order valence-corrected chi connectivity index (χ2v) is 6.00. The number of carbonyl (C=O) groups excluding carboxylic acids is 1. The van der Waals surface area contributed by atoms with E-state index < -0.39 is 18.8 Å². The number of halogens is 3. The minimum Gasteiger partial charge on any atom is -0.382 e. The van der Waals surface area contributed by atoms with E-state index in [1.807, 2.05) is 0 Å². The van der Waals surface area contributed by atoms with E-state index in [1.54, 1.807) is 4.90 Å². The van der Waals surface area contributed by atoms with Crippen molar-refractivity contribution in [2.45, 2.75) is 32.5 Å². The largest absolute Gasteiger partial charge is 0.415 e. The highest BCUT2D eigenvalue weighted by Gasteiger charge is 2.39. The quantitative estimate of drug-likeness (QED) is 0.851. The fourth-order valence-corrected chi connectivity index (χ4v) is 2.66. The predicted octanol–water partition coefficient (Wildman–Crippen LogP) is 1.35. The summed E-state index contributed by atoms with van der Waals surface area (Å²) < 4.78 is 36.7. The van der Waals surface area contributed by atoms with Crippen LogP contribution in [0.1, 0.15) is 20.3 Å². The van der Waals surface area contributed by atoms with Crippen LogP contribution in [0.2, 0.25) is 0 Å². The first-order valence-corrected chi connectivity index (χ1v) is 6.80. The zero-order chi connectivity index (χ0) is 15.5. The Morgan fingerprint density at radius 3 is 2.30 bits per heavy atom. The summed E-state index contributed by atoms with van der Waals surface area (Å²) in [4.78, 5) is 15.0. The lowest BCUT2D eigenvalue weighted by Gasteiger charge is -2.36. The molecule has 0 radical (unpaired) electrons. The van der Waals surface area contributed by atoms with Gasteiger partial charge in [-0.3, -0.25) is 9.69 Å². The molecule has 1 fully saturated rings. The first kappa shape index (κ1) is 17.2. The smallest absolute Gasteiger partial charge is 0.382 e. The number of nitrogens with zero attached hydrogens (tertiary/aromatic N) is 2. The molecule has 1 N–H and O–H groups in total. The van der Waals surface area contributed by atoms with Gasteiger partial charge in [-0.2, -0.15) is 13.2 Å². The SMILES string of the molecule is CC1CC(C)CN(C(=O)CN(C)CC(O)C(F)(F)F)C1. The fraction of sp³-hybridized carbons (Fsp3) is 0.923. The van der Waals surface area contributed by atoms with Crippen molar-refractivity contribution in [1.29, 1.82) is 0 Å². The average Bonchev–Trinajstić information content (AvgIpc) is 2.25. The average molecular weight is 296 g/mol. The Hall–Kier alpha value is -0.820. The highest BCUT2D eigenvalue weighted by atomic mass is 19.4. The molecule has 1 rings (SSSR count). The molecule has 0 bridgehead atoms. The number of hydrogen-bond donors (Lipinski definition) is 1. The highest BCUT2D eigenvalue weighted by molar-refractivity contribution is 5.78. The molecule has 3 unspecified atom stereocenters. The molecule has 1 aliphatic rings. The fourth-order valence-electron chi connectivity index (χ4n) is 2.66. The normalized spacial score (nSPS) is 25.9. The number of rotatable bonds is 4. The summed E-state index contributed by atoms with van der Waals surface area (Å²) in [6, 6.07) is 0. The van der Waals surface area contributed by atoms with Crippen molar-refractivity contribution < 1.29 is 23.1 Å². The molecule has 1 aliphatic heterocycles. The van der Waals surface area contributed by atoms with E-state index in [-0.39, 0.29) is 12.5 Å². The second-order valence-electron chi connectivity index (χ2n) is 6.00. The van der Waals surface area contributed by atoms with Crippen molar-refractivity contribution in [3.8, 4) is 0 Å². The number of aliphatic hydroxyl groups is 1. The van der Waals surface area contributed by atoms with Crippen LogP contribution in [0.3, 0.4) is 0 Å². The molecule has 4 nitrogen and oxygen atoms in total. The Bertz CT molecular complexity index is 326. The molecule has 0 spiro atoms. The number of likely N-dealkylation sites (tertiary alicyclic amines) is 1. The van der Waals surface area contributed by atoms with E-state index in [4.69, 9.17) is 5.11 Å². The lowest BCUT2D eigenvalue weighted by molar-refractivity contribution is -0.207. The molecule has 0 aromatic carbocycles. The Labute approximate surface area is 117 Å². The number of likely N-dealkylation sites (N-methyl/N-ethyl adjacent to an activating group) is 1. The minimum absolute atomic E-state index is 0.105. The molecular formula is C13H23F3N2O2. The van der Waals surface area contributed by atoms with Crippen LogP contribution in [0.5, 0.6) is 0 Å². The standard InChI is InChI=1S/C13H23F3N2O2/c1-9-4-10(2)6-18(5-9)12(20)8-17(3)7-11(19)13(14,15)16/h9-11,19H,4-8H2,1-3H3. The summed E-state index contributed by atoms with van der Waals surface area (Å²) in [6.07, 6.45) is -6.00.